The molecule has 0 spiro atoms. The van der Waals surface area contributed by atoms with Gasteiger partial charge in [-0.15, -0.1) is 10.2 Å². The Morgan fingerprint density at radius 1 is 1.18 bits per heavy atom. The van der Waals surface area contributed by atoms with Gasteiger partial charge in [0.2, 0.25) is 0 Å². The molecule has 4 aromatic rings. The molecule has 8 nitrogen and oxygen atoms in total. The smallest absolute Gasteiger partial charge is 0.379 e. The number of benzene rings is 1. The molecule has 1 aromatic carbocycles. The molecular weight excluding hydrogens is 521 g/mol. The number of halogens is 5. The average molecular weight is 548 g/mol. The minimum Gasteiger partial charge on any atom is -0.379 e. The Balaban J connectivity index is 1.42. The van der Waals surface area contributed by atoms with Crippen LogP contribution in [0.2, 0.25) is 0 Å². The van der Waals surface area contributed by atoms with E-state index in [1.807, 2.05) is 29.8 Å². The van der Waals surface area contributed by atoms with Crippen molar-refractivity contribution in [2.24, 2.45) is 7.05 Å². The molecular formula is C26H26F5N7O. The van der Waals surface area contributed by atoms with Crippen LogP contribution in [0.25, 0.3) is 22.2 Å². The van der Waals surface area contributed by atoms with Crippen molar-refractivity contribution in [3.63, 3.8) is 0 Å². The lowest BCUT2D eigenvalue weighted by Gasteiger charge is -2.41. The lowest BCUT2D eigenvalue weighted by molar-refractivity contribution is -0.141. The molecule has 0 unspecified atom stereocenters. The maximum absolute atomic E-state index is 13.9. The molecule has 39 heavy (non-hydrogen) atoms. The number of hydrogen-bond donors (Lipinski definition) is 1. The highest BCUT2D eigenvalue weighted by Gasteiger charge is 2.43. The van der Waals surface area contributed by atoms with Crippen LogP contribution in [0, 0.1) is 0 Å². The number of pyridine rings is 1. The van der Waals surface area contributed by atoms with Crippen molar-refractivity contribution in [2.45, 2.75) is 43.3 Å². The molecule has 1 N–H and O–H groups in total. The van der Waals surface area contributed by atoms with Crippen LogP contribution in [-0.2, 0) is 29.8 Å². The molecule has 3 aromatic heterocycles. The summed E-state index contributed by atoms with van der Waals surface area (Å²) in [5.41, 5.74) is 0.784. The Kier molecular flexibility index (Phi) is 5.99. The summed E-state index contributed by atoms with van der Waals surface area (Å²) in [6, 6.07) is 7.69. The van der Waals surface area contributed by atoms with Crippen LogP contribution in [0.4, 0.5) is 22.0 Å². The second-order valence-corrected chi connectivity index (χ2v) is 10.5. The summed E-state index contributed by atoms with van der Waals surface area (Å²) in [6.45, 7) is 2.06. The van der Waals surface area contributed by atoms with E-state index in [1.54, 1.807) is 19.3 Å². The summed E-state index contributed by atoms with van der Waals surface area (Å²) in [5.74, 6) is -2.10. The Bertz CT molecular complexity index is 1520. The van der Waals surface area contributed by atoms with Gasteiger partial charge in [-0.25, -0.2) is 13.8 Å². The van der Waals surface area contributed by atoms with Crippen molar-refractivity contribution in [2.75, 3.05) is 26.3 Å². The number of nitrogens with one attached hydrogen (secondary N) is 1. The van der Waals surface area contributed by atoms with Gasteiger partial charge in [-0.3, -0.25) is 10.00 Å². The van der Waals surface area contributed by atoms with Gasteiger partial charge in [0.15, 0.2) is 0 Å². The van der Waals surface area contributed by atoms with Gasteiger partial charge in [0, 0.05) is 42.8 Å². The van der Waals surface area contributed by atoms with Crippen molar-refractivity contribution in [3.8, 4) is 11.3 Å². The number of ether oxygens (including phenoxy) is 1. The topological polar surface area (TPSA) is 84.7 Å². The van der Waals surface area contributed by atoms with Crippen LogP contribution >= 0.6 is 0 Å². The van der Waals surface area contributed by atoms with Gasteiger partial charge in [-0.1, -0.05) is 18.2 Å². The Morgan fingerprint density at radius 3 is 2.59 bits per heavy atom. The minimum atomic E-state index is -4.72. The molecule has 0 saturated carbocycles. The summed E-state index contributed by atoms with van der Waals surface area (Å²) in [6.07, 6.45) is -2.86. The molecule has 0 aliphatic carbocycles. The van der Waals surface area contributed by atoms with E-state index < -0.39 is 30.4 Å². The van der Waals surface area contributed by atoms with E-state index in [0.29, 0.717) is 36.4 Å². The lowest BCUT2D eigenvalue weighted by atomic mass is 9.75. The molecule has 0 bridgehead atoms. The summed E-state index contributed by atoms with van der Waals surface area (Å²) in [4.78, 5) is 5.34. The first-order valence-electron chi connectivity index (χ1n) is 12.6. The highest BCUT2D eigenvalue weighted by molar-refractivity contribution is 5.94. The van der Waals surface area contributed by atoms with E-state index in [9.17, 15) is 22.0 Å². The van der Waals surface area contributed by atoms with E-state index in [-0.39, 0.29) is 29.5 Å². The Hall–Kier alpha value is -3.45. The van der Waals surface area contributed by atoms with Gasteiger partial charge in [0.1, 0.15) is 23.5 Å². The van der Waals surface area contributed by atoms with E-state index in [4.69, 9.17) is 4.74 Å². The molecule has 1 atom stereocenters. The van der Waals surface area contributed by atoms with Gasteiger partial charge in [-0.05, 0) is 24.6 Å². The minimum absolute atomic E-state index is 0.0403. The van der Waals surface area contributed by atoms with Crippen LogP contribution < -0.4 is 0 Å². The highest BCUT2D eigenvalue weighted by atomic mass is 19.4. The van der Waals surface area contributed by atoms with Gasteiger partial charge < -0.3 is 9.30 Å². The van der Waals surface area contributed by atoms with E-state index in [2.05, 4.69) is 25.4 Å². The third-order valence-electron chi connectivity index (χ3n) is 7.82. The molecule has 2 aliphatic heterocycles. The molecule has 2 saturated heterocycles. The zero-order chi connectivity index (χ0) is 27.6. The number of aromatic amines is 1. The number of alkyl halides is 5. The van der Waals surface area contributed by atoms with Crippen molar-refractivity contribution in [1.29, 1.82) is 0 Å². The van der Waals surface area contributed by atoms with Crippen molar-refractivity contribution < 1.29 is 26.7 Å². The first kappa shape index (κ1) is 25.8. The van der Waals surface area contributed by atoms with Crippen LogP contribution in [0.15, 0.2) is 36.7 Å². The fourth-order valence-corrected chi connectivity index (χ4v) is 5.46. The third kappa shape index (κ3) is 4.56. The number of hydrogen-bond acceptors (Lipinski definition) is 6. The second kappa shape index (κ2) is 9.05. The maximum atomic E-state index is 13.9. The standard InChI is InChI=1S/C26H26F5N7O/c1-15(38-7-6-25(27,28)11-38)21-23-18(9-19(33-21)26(29,30)31)22(35-36-23)16-4-3-5-17(8-16)24(12-39-13-24)10-20-34-32-14-37(20)2/h3-5,8-9,14-15H,6-7,10-13H2,1-2H3,(H,35,36)/t15-/m1/s1. The predicted octanol–water partition coefficient (Wildman–Crippen LogP) is 4.68. The number of aromatic nitrogens is 6. The largest absolute Gasteiger partial charge is 0.433 e. The first-order valence-corrected chi connectivity index (χ1v) is 12.6. The SMILES string of the molecule is C[C@H](c1nc(C(F)(F)F)cc2c(-c3cccc(C4(Cc5nncn5C)COC4)c3)n[nH]c12)N1CCC(F)(F)C1. The fourth-order valence-electron chi connectivity index (χ4n) is 5.46. The number of aryl methyl sites for hydroxylation is 1. The van der Waals surface area contributed by atoms with Crippen molar-refractivity contribution in [1.82, 2.24) is 34.8 Å². The van der Waals surface area contributed by atoms with E-state index in [1.165, 1.54) is 4.90 Å². The molecule has 206 valence electrons. The van der Waals surface area contributed by atoms with Crippen LogP contribution in [0.5, 0.6) is 0 Å². The molecule has 2 aliphatic rings. The van der Waals surface area contributed by atoms with Crippen LogP contribution in [0.3, 0.4) is 0 Å². The number of nitrogens with zero attached hydrogens (tertiary/aromatic N) is 6. The van der Waals surface area contributed by atoms with Gasteiger partial charge >= 0.3 is 6.18 Å². The molecule has 0 amide bonds. The summed E-state index contributed by atoms with van der Waals surface area (Å²) in [7, 11) is 1.86. The number of likely N-dealkylation sites (tertiary alicyclic amines) is 1. The fraction of sp³-hybridized carbons (Fsp3) is 0.462. The van der Waals surface area contributed by atoms with Gasteiger partial charge in [-0.2, -0.15) is 18.3 Å². The van der Waals surface area contributed by atoms with Gasteiger partial charge in [0.25, 0.3) is 5.92 Å². The Morgan fingerprint density at radius 2 is 1.97 bits per heavy atom. The van der Waals surface area contributed by atoms with Crippen molar-refractivity contribution >= 4 is 10.9 Å². The Labute approximate surface area is 220 Å². The normalized spacial score (nSPS) is 19.9. The molecule has 6 rings (SSSR count). The lowest BCUT2D eigenvalue weighted by Crippen LogP contribution is -2.49. The molecule has 5 heterocycles. The van der Waals surface area contributed by atoms with E-state index >= 15 is 0 Å². The second-order valence-electron chi connectivity index (χ2n) is 10.5. The molecule has 13 heteroatoms. The summed E-state index contributed by atoms with van der Waals surface area (Å²) < 4.78 is 77.0. The van der Waals surface area contributed by atoms with Crippen LogP contribution in [-0.4, -0.2) is 67.1 Å². The summed E-state index contributed by atoms with van der Waals surface area (Å²) >= 11 is 0. The first-order chi connectivity index (χ1) is 18.5. The monoisotopic (exact) mass is 547 g/mol. The number of fused-ring (bicyclic) bond motifs is 1. The summed E-state index contributed by atoms with van der Waals surface area (Å²) in [5, 5.41) is 15.6. The maximum Gasteiger partial charge on any atom is 0.433 e. The molecule has 0 radical (unpaired) electrons. The highest BCUT2D eigenvalue weighted by Crippen LogP contribution is 2.41. The molecule has 2 fully saturated rings. The zero-order valence-electron chi connectivity index (χ0n) is 21.3. The zero-order valence-corrected chi connectivity index (χ0v) is 21.3. The average Bonchev–Trinajstić information content (AvgIpc) is 3.57. The van der Waals surface area contributed by atoms with Crippen molar-refractivity contribution in [3.05, 3.63) is 59.4 Å². The predicted molar refractivity (Wildman–Crippen MR) is 131 cm³/mol. The third-order valence-corrected chi connectivity index (χ3v) is 7.82. The quantitative estimate of drug-likeness (QED) is 0.353. The number of H-pyrrole nitrogens is 1. The number of rotatable bonds is 6. The van der Waals surface area contributed by atoms with E-state index in [0.717, 1.165) is 17.5 Å². The van der Waals surface area contributed by atoms with Crippen LogP contribution in [0.1, 0.15) is 42.2 Å². The van der Waals surface area contributed by atoms with Gasteiger partial charge in [0.05, 0.1) is 37.0 Å².